The number of hydrogen-bond donors (Lipinski definition) is 2. The van der Waals surface area contributed by atoms with Crippen molar-refractivity contribution in [1.82, 2.24) is 25.4 Å². The van der Waals surface area contributed by atoms with E-state index in [1.165, 1.54) is 25.9 Å². The lowest BCUT2D eigenvalue weighted by molar-refractivity contribution is 0.0618. The molecule has 1 amide bonds. The van der Waals surface area contributed by atoms with E-state index in [2.05, 4.69) is 42.6 Å². The van der Waals surface area contributed by atoms with Gasteiger partial charge in [0.05, 0.1) is 11.2 Å². The molecule has 29 heavy (non-hydrogen) atoms. The van der Waals surface area contributed by atoms with Crippen molar-refractivity contribution in [1.29, 1.82) is 0 Å². The van der Waals surface area contributed by atoms with E-state index in [9.17, 15) is 4.79 Å². The zero-order valence-electron chi connectivity index (χ0n) is 16.6. The Morgan fingerprint density at radius 1 is 1.28 bits per heavy atom. The van der Waals surface area contributed by atoms with Gasteiger partial charge in [-0.15, -0.1) is 11.3 Å². The van der Waals surface area contributed by atoms with Crippen molar-refractivity contribution in [3.63, 3.8) is 0 Å². The molecule has 0 saturated carbocycles. The summed E-state index contributed by atoms with van der Waals surface area (Å²) in [7, 11) is 0. The normalized spacial score (nSPS) is 26.8. The molecule has 0 spiro atoms. The first-order valence-electron chi connectivity index (χ1n) is 10.6. The number of hydrogen-bond acceptors (Lipinski definition) is 6. The van der Waals surface area contributed by atoms with Gasteiger partial charge in [0.1, 0.15) is 5.69 Å². The van der Waals surface area contributed by atoms with Crippen molar-refractivity contribution in [2.24, 2.45) is 5.92 Å². The summed E-state index contributed by atoms with van der Waals surface area (Å²) in [4.78, 5) is 22.1. The maximum Gasteiger partial charge on any atom is 0.270 e. The minimum absolute atomic E-state index is 0.0587. The van der Waals surface area contributed by atoms with Crippen LogP contribution < -0.4 is 10.6 Å². The summed E-state index contributed by atoms with van der Waals surface area (Å²) >= 11 is 1.64. The molecule has 0 radical (unpaired) electrons. The maximum atomic E-state index is 12.8. The highest BCUT2D eigenvalue weighted by Crippen LogP contribution is 2.28. The molecule has 1 unspecified atom stereocenters. The van der Waals surface area contributed by atoms with Crippen LogP contribution in [0.4, 0.5) is 0 Å². The summed E-state index contributed by atoms with van der Waals surface area (Å²) in [6, 6.07) is 2.17. The van der Waals surface area contributed by atoms with Crippen molar-refractivity contribution >= 4 is 27.3 Å². The molecule has 4 aliphatic heterocycles. The molecule has 4 fully saturated rings. The Morgan fingerprint density at radius 3 is 2.86 bits per heavy atom. The van der Waals surface area contributed by atoms with E-state index in [1.54, 1.807) is 11.3 Å². The first kappa shape index (κ1) is 19.0. The molecule has 2 N–H and O–H groups in total. The van der Waals surface area contributed by atoms with E-state index >= 15 is 0 Å². The number of aromatic nitrogens is 1. The van der Waals surface area contributed by atoms with Gasteiger partial charge in [-0.3, -0.25) is 9.69 Å². The number of carbonyl (C=O) groups is 1. The Hall–Kier alpha value is -1.98. The van der Waals surface area contributed by atoms with Crippen molar-refractivity contribution in [2.45, 2.75) is 18.9 Å². The first-order chi connectivity index (χ1) is 14.3. The number of thiophene rings is 1. The molecule has 0 aromatic carbocycles. The van der Waals surface area contributed by atoms with E-state index in [0.717, 1.165) is 54.9 Å². The van der Waals surface area contributed by atoms with Crippen LogP contribution in [0.5, 0.6) is 0 Å². The minimum Gasteiger partial charge on any atom is -0.346 e. The molecule has 6 heterocycles. The Labute approximate surface area is 175 Å². The van der Waals surface area contributed by atoms with Gasteiger partial charge in [0.2, 0.25) is 0 Å². The highest BCUT2D eigenvalue weighted by molar-refractivity contribution is 7.17. The van der Waals surface area contributed by atoms with Crippen LogP contribution in [0.3, 0.4) is 0 Å². The molecule has 4 saturated heterocycles. The summed E-state index contributed by atoms with van der Waals surface area (Å²) in [6.07, 6.45) is 4.19. The fraction of sp³-hybridized carbons (Fsp3) is 0.545. The summed E-state index contributed by atoms with van der Waals surface area (Å²) in [5, 5.41) is 9.72. The predicted octanol–water partition coefficient (Wildman–Crippen LogP) is 1.38. The van der Waals surface area contributed by atoms with E-state index < -0.39 is 0 Å². The Kier molecular flexibility index (Phi) is 5.51. The second-order valence-electron chi connectivity index (χ2n) is 8.26. The van der Waals surface area contributed by atoms with Gasteiger partial charge in [0.25, 0.3) is 5.91 Å². The van der Waals surface area contributed by atoms with Crippen LogP contribution >= 0.6 is 11.3 Å². The van der Waals surface area contributed by atoms with Crippen LogP contribution in [-0.2, 0) is 0 Å². The number of rotatable bonds is 3. The van der Waals surface area contributed by atoms with E-state index in [-0.39, 0.29) is 11.9 Å². The van der Waals surface area contributed by atoms with Gasteiger partial charge >= 0.3 is 0 Å². The SMILES string of the molecule is O=C(NC1CN2CCC1CC2)c1cc2c(C#CCN3CCNCC3)csc2cn1. The Balaban J connectivity index is 1.29. The third kappa shape index (κ3) is 4.17. The highest BCUT2D eigenvalue weighted by Gasteiger charge is 2.35. The van der Waals surface area contributed by atoms with Crippen LogP contribution in [0, 0.1) is 17.8 Å². The largest absolute Gasteiger partial charge is 0.346 e. The van der Waals surface area contributed by atoms with Gasteiger partial charge in [-0.1, -0.05) is 11.8 Å². The average molecular weight is 410 g/mol. The molecule has 6 nitrogen and oxygen atoms in total. The monoisotopic (exact) mass is 409 g/mol. The molecule has 0 aliphatic carbocycles. The quantitative estimate of drug-likeness (QED) is 0.750. The van der Waals surface area contributed by atoms with E-state index in [1.807, 2.05) is 12.3 Å². The molecule has 2 bridgehead atoms. The summed E-state index contributed by atoms with van der Waals surface area (Å²) in [5.74, 6) is 7.18. The van der Waals surface area contributed by atoms with E-state index in [0.29, 0.717) is 11.6 Å². The molecular weight excluding hydrogens is 382 g/mol. The van der Waals surface area contributed by atoms with Crippen LogP contribution in [0.2, 0.25) is 0 Å². The fourth-order valence-corrected chi connectivity index (χ4v) is 5.48. The number of piperidine rings is 3. The third-order valence-corrected chi connectivity index (χ3v) is 7.33. The highest BCUT2D eigenvalue weighted by atomic mass is 32.1. The average Bonchev–Trinajstić information content (AvgIpc) is 3.18. The number of piperazine rings is 1. The van der Waals surface area contributed by atoms with Crippen LogP contribution in [0.15, 0.2) is 17.6 Å². The maximum absolute atomic E-state index is 12.8. The van der Waals surface area contributed by atoms with Crippen molar-refractivity contribution in [3.05, 3.63) is 28.9 Å². The summed E-state index contributed by atoms with van der Waals surface area (Å²) < 4.78 is 1.08. The summed E-state index contributed by atoms with van der Waals surface area (Å²) in [6.45, 7) is 8.27. The lowest BCUT2D eigenvalue weighted by Gasteiger charge is -2.44. The van der Waals surface area contributed by atoms with Crippen LogP contribution in [0.1, 0.15) is 28.9 Å². The van der Waals surface area contributed by atoms with Gasteiger partial charge < -0.3 is 15.5 Å². The Morgan fingerprint density at radius 2 is 2.10 bits per heavy atom. The van der Waals surface area contributed by atoms with Gasteiger partial charge in [0.15, 0.2) is 0 Å². The smallest absolute Gasteiger partial charge is 0.270 e. The second-order valence-corrected chi connectivity index (χ2v) is 9.17. The van der Waals surface area contributed by atoms with Crippen molar-refractivity contribution in [2.75, 3.05) is 52.4 Å². The van der Waals surface area contributed by atoms with Crippen molar-refractivity contribution in [3.8, 4) is 11.8 Å². The standard InChI is InChI=1S/C22H27N5OS/c28-22(25-20-14-27-8-3-16(20)4-9-27)19-12-18-17(15-29-21(18)13-24-19)2-1-7-26-10-5-23-6-11-26/h12-13,15-16,20,23H,3-11,14H2,(H,25,28). The molecule has 2 aromatic rings. The van der Waals surface area contributed by atoms with Gasteiger partial charge in [-0.25, -0.2) is 4.98 Å². The number of carbonyl (C=O) groups excluding carboxylic acids is 1. The summed E-state index contributed by atoms with van der Waals surface area (Å²) in [5.41, 5.74) is 1.50. The minimum atomic E-state index is -0.0587. The lowest BCUT2D eigenvalue weighted by Crippen LogP contribution is -2.57. The van der Waals surface area contributed by atoms with Crippen molar-refractivity contribution < 1.29 is 4.79 Å². The molecular formula is C22H27N5OS. The Bertz CT molecular complexity index is 947. The fourth-order valence-electron chi connectivity index (χ4n) is 4.64. The molecule has 4 aliphatic rings. The first-order valence-corrected chi connectivity index (χ1v) is 11.5. The molecule has 152 valence electrons. The van der Waals surface area contributed by atoms with E-state index in [4.69, 9.17) is 0 Å². The van der Waals surface area contributed by atoms with Gasteiger partial charge in [0, 0.05) is 61.3 Å². The number of fused-ring (bicyclic) bond motifs is 4. The predicted molar refractivity (Wildman–Crippen MR) is 116 cm³/mol. The molecule has 2 aromatic heterocycles. The zero-order valence-corrected chi connectivity index (χ0v) is 17.4. The molecule has 1 atom stereocenters. The zero-order chi connectivity index (χ0) is 19.6. The topological polar surface area (TPSA) is 60.5 Å². The number of nitrogens with one attached hydrogen (secondary N) is 2. The second kappa shape index (κ2) is 8.41. The molecule has 7 heteroatoms. The number of amides is 1. The number of nitrogens with zero attached hydrogens (tertiary/aromatic N) is 3. The van der Waals surface area contributed by atoms with Gasteiger partial charge in [-0.05, 0) is 37.9 Å². The lowest BCUT2D eigenvalue weighted by atomic mass is 9.84. The van der Waals surface area contributed by atoms with Crippen LogP contribution in [-0.4, -0.2) is 79.1 Å². The molecule has 6 rings (SSSR count). The van der Waals surface area contributed by atoms with Crippen LogP contribution in [0.25, 0.3) is 10.1 Å². The van der Waals surface area contributed by atoms with Gasteiger partial charge in [-0.2, -0.15) is 0 Å². The third-order valence-electron chi connectivity index (χ3n) is 6.40. The number of pyridine rings is 1.